The van der Waals surface area contributed by atoms with E-state index in [0.29, 0.717) is 18.4 Å². The summed E-state index contributed by atoms with van der Waals surface area (Å²) in [5.41, 5.74) is 2.80. The minimum absolute atomic E-state index is 0.0403. The Hall–Kier alpha value is -3.08. The molecule has 1 atom stereocenters. The average molecular weight is 561 g/mol. The van der Waals surface area contributed by atoms with Gasteiger partial charge in [0.2, 0.25) is 5.91 Å². The Labute approximate surface area is 247 Å². The first-order chi connectivity index (χ1) is 20.1. The first kappa shape index (κ1) is 32.4. The van der Waals surface area contributed by atoms with Gasteiger partial charge in [-0.1, -0.05) is 152 Å². The molecule has 5 nitrogen and oxygen atoms in total. The molecule has 1 unspecified atom stereocenters. The molecule has 0 saturated carbocycles. The number of H-pyrrole nitrogens is 1. The van der Waals surface area contributed by atoms with Crippen molar-refractivity contribution >= 4 is 22.8 Å². The van der Waals surface area contributed by atoms with E-state index in [2.05, 4.69) is 17.2 Å². The van der Waals surface area contributed by atoms with Gasteiger partial charge in [0, 0.05) is 22.9 Å². The molecular formula is C36H52N2O3. The molecule has 0 aliphatic heterocycles. The Balaban J connectivity index is 1.45. The SMILES string of the molecule is CCCCCCCCCCCCCCCCCC(NC(=O)CCc1ccccc1)c1c(C(=O)O)[nH]c2ccccc12. The van der Waals surface area contributed by atoms with Crippen LogP contribution in [0.15, 0.2) is 54.6 Å². The van der Waals surface area contributed by atoms with Crippen LogP contribution in [0.3, 0.4) is 0 Å². The number of hydrogen-bond donors (Lipinski definition) is 3. The molecule has 0 saturated heterocycles. The van der Waals surface area contributed by atoms with Crippen molar-refractivity contribution in [3.63, 3.8) is 0 Å². The Morgan fingerprint density at radius 3 is 1.85 bits per heavy atom. The number of carbonyl (C=O) groups is 2. The molecule has 0 spiro atoms. The zero-order valence-corrected chi connectivity index (χ0v) is 25.3. The van der Waals surface area contributed by atoms with E-state index >= 15 is 0 Å². The number of aromatic carboxylic acids is 1. The highest BCUT2D eigenvalue weighted by Crippen LogP contribution is 2.32. The Bertz CT molecular complexity index is 1150. The summed E-state index contributed by atoms with van der Waals surface area (Å²) < 4.78 is 0. The van der Waals surface area contributed by atoms with Gasteiger partial charge < -0.3 is 15.4 Å². The lowest BCUT2D eigenvalue weighted by Gasteiger charge is -2.20. The highest BCUT2D eigenvalue weighted by atomic mass is 16.4. The molecule has 1 amide bonds. The number of para-hydroxylation sites is 1. The van der Waals surface area contributed by atoms with Gasteiger partial charge in [-0.15, -0.1) is 0 Å². The van der Waals surface area contributed by atoms with Crippen LogP contribution in [0.5, 0.6) is 0 Å². The number of carboxylic acids is 1. The number of aromatic amines is 1. The number of aromatic nitrogens is 1. The van der Waals surface area contributed by atoms with E-state index < -0.39 is 5.97 Å². The second kappa shape index (κ2) is 19.1. The quantitative estimate of drug-likeness (QED) is 0.107. The number of benzene rings is 2. The van der Waals surface area contributed by atoms with Gasteiger partial charge in [-0.2, -0.15) is 0 Å². The molecule has 2 aromatic carbocycles. The lowest BCUT2D eigenvalue weighted by atomic mass is 9.96. The van der Waals surface area contributed by atoms with Gasteiger partial charge in [0.15, 0.2) is 0 Å². The molecule has 0 radical (unpaired) electrons. The predicted octanol–water partition coefficient (Wildman–Crippen LogP) is 9.92. The fourth-order valence-corrected chi connectivity index (χ4v) is 5.87. The molecule has 1 aromatic heterocycles. The van der Waals surface area contributed by atoms with Crippen molar-refractivity contribution in [2.24, 2.45) is 0 Å². The van der Waals surface area contributed by atoms with Crippen molar-refractivity contribution in [2.75, 3.05) is 0 Å². The molecule has 1 heterocycles. The van der Waals surface area contributed by atoms with Crippen LogP contribution in [0, 0.1) is 0 Å². The van der Waals surface area contributed by atoms with Crippen LogP contribution in [0.25, 0.3) is 10.9 Å². The van der Waals surface area contributed by atoms with Gasteiger partial charge in [0.1, 0.15) is 5.69 Å². The first-order valence-corrected chi connectivity index (χ1v) is 16.3. The molecule has 3 aromatic rings. The van der Waals surface area contributed by atoms with Crippen LogP contribution in [0.4, 0.5) is 0 Å². The third kappa shape index (κ3) is 11.7. The topological polar surface area (TPSA) is 82.2 Å². The number of hydrogen-bond acceptors (Lipinski definition) is 2. The largest absolute Gasteiger partial charge is 0.477 e. The summed E-state index contributed by atoms with van der Waals surface area (Å²) in [5, 5.41) is 14.0. The summed E-state index contributed by atoms with van der Waals surface area (Å²) in [7, 11) is 0. The molecule has 5 heteroatoms. The molecule has 224 valence electrons. The normalized spacial score (nSPS) is 12.0. The van der Waals surface area contributed by atoms with Crippen LogP contribution in [-0.2, 0) is 11.2 Å². The average Bonchev–Trinajstić information content (AvgIpc) is 3.38. The van der Waals surface area contributed by atoms with E-state index in [4.69, 9.17) is 0 Å². The number of unbranched alkanes of at least 4 members (excludes halogenated alkanes) is 14. The standard InChI is InChI=1S/C36H52N2O3/c1-2-3-4-5-6-7-8-9-10-11-12-13-14-15-19-26-32(37-33(39)28-27-29-22-17-16-18-23-29)34-30-24-20-21-25-31(30)38-35(34)36(40)41/h16-18,20-25,32,38H,2-15,19,26-28H2,1H3,(H,37,39)(H,40,41). The highest BCUT2D eigenvalue weighted by molar-refractivity contribution is 5.98. The minimum atomic E-state index is -0.990. The van der Waals surface area contributed by atoms with E-state index in [-0.39, 0.29) is 17.6 Å². The summed E-state index contributed by atoms with van der Waals surface area (Å²) in [6.07, 6.45) is 21.3. The van der Waals surface area contributed by atoms with E-state index in [1.807, 2.05) is 54.6 Å². The highest BCUT2D eigenvalue weighted by Gasteiger charge is 2.25. The fraction of sp³-hybridized carbons (Fsp3) is 0.556. The van der Waals surface area contributed by atoms with E-state index in [0.717, 1.165) is 35.7 Å². The lowest BCUT2D eigenvalue weighted by Crippen LogP contribution is -2.29. The number of rotatable bonds is 22. The molecule has 3 N–H and O–H groups in total. The zero-order valence-electron chi connectivity index (χ0n) is 25.3. The molecule has 0 bridgehead atoms. The molecular weight excluding hydrogens is 508 g/mol. The van der Waals surface area contributed by atoms with Crippen molar-refractivity contribution in [3.05, 3.63) is 71.4 Å². The second-order valence-corrected chi connectivity index (χ2v) is 11.6. The van der Waals surface area contributed by atoms with Crippen molar-refractivity contribution < 1.29 is 14.7 Å². The number of carbonyl (C=O) groups excluding carboxylic acids is 1. The van der Waals surface area contributed by atoms with E-state index in [9.17, 15) is 14.7 Å². The van der Waals surface area contributed by atoms with Gasteiger partial charge in [0.25, 0.3) is 0 Å². The predicted molar refractivity (Wildman–Crippen MR) is 170 cm³/mol. The Morgan fingerprint density at radius 1 is 0.732 bits per heavy atom. The van der Waals surface area contributed by atoms with Gasteiger partial charge >= 0.3 is 5.97 Å². The van der Waals surface area contributed by atoms with E-state index in [1.165, 1.54) is 83.5 Å². The smallest absolute Gasteiger partial charge is 0.352 e. The van der Waals surface area contributed by atoms with Crippen molar-refractivity contribution in [1.82, 2.24) is 10.3 Å². The van der Waals surface area contributed by atoms with Crippen molar-refractivity contribution in [1.29, 1.82) is 0 Å². The lowest BCUT2D eigenvalue weighted by molar-refractivity contribution is -0.121. The molecule has 41 heavy (non-hydrogen) atoms. The minimum Gasteiger partial charge on any atom is -0.477 e. The van der Waals surface area contributed by atoms with Crippen LogP contribution in [-0.4, -0.2) is 22.0 Å². The Kier molecular flexibility index (Phi) is 15.1. The number of amides is 1. The maximum atomic E-state index is 13.0. The van der Waals surface area contributed by atoms with Crippen LogP contribution in [0.1, 0.15) is 144 Å². The first-order valence-electron chi connectivity index (χ1n) is 16.3. The fourth-order valence-electron chi connectivity index (χ4n) is 5.87. The third-order valence-electron chi connectivity index (χ3n) is 8.22. The maximum Gasteiger partial charge on any atom is 0.352 e. The Morgan fingerprint density at radius 2 is 1.27 bits per heavy atom. The zero-order chi connectivity index (χ0) is 29.1. The number of aryl methyl sites for hydroxylation is 1. The summed E-state index contributed by atoms with van der Waals surface area (Å²) in [6, 6.07) is 17.3. The van der Waals surface area contributed by atoms with Gasteiger partial charge in [0.05, 0.1) is 6.04 Å². The summed E-state index contributed by atoms with van der Waals surface area (Å²) >= 11 is 0. The summed E-state index contributed by atoms with van der Waals surface area (Å²) in [5.74, 6) is -1.03. The second-order valence-electron chi connectivity index (χ2n) is 11.6. The maximum absolute atomic E-state index is 13.0. The van der Waals surface area contributed by atoms with E-state index in [1.54, 1.807) is 0 Å². The summed E-state index contributed by atoms with van der Waals surface area (Å²) in [4.78, 5) is 28.3. The third-order valence-corrected chi connectivity index (χ3v) is 8.22. The molecule has 0 fully saturated rings. The summed E-state index contributed by atoms with van der Waals surface area (Å²) in [6.45, 7) is 2.27. The van der Waals surface area contributed by atoms with Crippen LogP contribution in [0.2, 0.25) is 0 Å². The van der Waals surface area contributed by atoms with Crippen molar-refractivity contribution in [3.8, 4) is 0 Å². The number of carboxylic acid groups (broad SMARTS) is 1. The van der Waals surface area contributed by atoms with Crippen molar-refractivity contribution in [2.45, 2.75) is 129 Å². The molecule has 3 rings (SSSR count). The molecule has 0 aliphatic rings. The van der Waals surface area contributed by atoms with Gasteiger partial charge in [-0.25, -0.2) is 4.79 Å². The van der Waals surface area contributed by atoms with Gasteiger partial charge in [-0.05, 0) is 24.5 Å². The number of fused-ring (bicyclic) bond motifs is 1. The monoisotopic (exact) mass is 560 g/mol. The van der Waals surface area contributed by atoms with Crippen LogP contribution >= 0.6 is 0 Å². The van der Waals surface area contributed by atoms with Crippen LogP contribution < -0.4 is 5.32 Å². The molecule has 0 aliphatic carbocycles. The number of nitrogens with one attached hydrogen (secondary N) is 2. The van der Waals surface area contributed by atoms with Gasteiger partial charge in [-0.3, -0.25) is 4.79 Å².